The molecule has 37 heavy (non-hydrogen) atoms. The molecule has 0 atom stereocenters. The van der Waals surface area contributed by atoms with Crippen LogP contribution in [0.15, 0.2) is 36.7 Å². The maximum Gasteiger partial charge on any atom is 0.416 e. The SMILES string of the molecule is CN(Cc1nc2c(N3CCOCC3)nc(-c3ccc(C(F)(F)F)cc3)nc2n1C)c1ncc(C=O)cn1. The van der Waals surface area contributed by atoms with E-state index in [4.69, 9.17) is 14.7 Å². The first-order chi connectivity index (χ1) is 17.7. The van der Waals surface area contributed by atoms with E-state index in [1.165, 1.54) is 24.5 Å². The second-order valence-corrected chi connectivity index (χ2v) is 8.59. The van der Waals surface area contributed by atoms with Crippen LogP contribution in [0.2, 0.25) is 0 Å². The molecule has 5 rings (SSSR count). The van der Waals surface area contributed by atoms with Crippen LogP contribution in [-0.2, 0) is 24.5 Å². The third-order valence-electron chi connectivity index (χ3n) is 6.09. The van der Waals surface area contributed by atoms with Crippen LogP contribution in [0.1, 0.15) is 21.7 Å². The molecule has 4 aromatic rings. The summed E-state index contributed by atoms with van der Waals surface area (Å²) in [6.07, 6.45) is -0.865. The molecule has 0 radical (unpaired) electrons. The van der Waals surface area contributed by atoms with E-state index in [0.29, 0.717) is 84.8 Å². The summed E-state index contributed by atoms with van der Waals surface area (Å²) in [5.41, 5.74) is 1.24. The highest BCUT2D eigenvalue weighted by atomic mass is 19.4. The van der Waals surface area contributed by atoms with Crippen molar-refractivity contribution in [3.05, 3.63) is 53.6 Å². The highest BCUT2D eigenvalue weighted by Gasteiger charge is 2.30. The molecule has 1 saturated heterocycles. The van der Waals surface area contributed by atoms with Crippen molar-refractivity contribution in [1.82, 2.24) is 29.5 Å². The van der Waals surface area contributed by atoms with E-state index in [1.807, 2.05) is 16.5 Å². The third-order valence-corrected chi connectivity index (χ3v) is 6.09. The average Bonchev–Trinajstić information content (AvgIpc) is 3.23. The van der Waals surface area contributed by atoms with Crippen molar-refractivity contribution >= 4 is 29.2 Å². The number of anilines is 2. The molecule has 10 nitrogen and oxygen atoms in total. The van der Waals surface area contributed by atoms with Crippen LogP contribution in [-0.4, -0.2) is 69.1 Å². The number of fused-ring (bicyclic) bond motifs is 1. The molecule has 13 heteroatoms. The Labute approximate surface area is 209 Å². The van der Waals surface area contributed by atoms with Gasteiger partial charge in [-0.15, -0.1) is 0 Å². The molecular formula is C24H23F3N8O2. The quantitative estimate of drug-likeness (QED) is 0.361. The van der Waals surface area contributed by atoms with E-state index >= 15 is 0 Å². The standard InChI is InChI=1S/C24H23F3N8O2/c1-33(23-28-11-15(14-36)12-29-23)13-18-30-19-21(34(18)2)31-20(32-22(19)35-7-9-37-10-8-35)16-3-5-17(6-4-16)24(25,26)27/h3-6,11-12,14H,7-10,13H2,1-2H3. The Hall–Kier alpha value is -4.13. The number of ether oxygens (including phenoxy) is 1. The topological polar surface area (TPSA) is 102 Å². The van der Waals surface area contributed by atoms with E-state index in [9.17, 15) is 18.0 Å². The lowest BCUT2D eigenvalue weighted by atomic mass is 10.1. The number of carbonyl (C=O) groups is 1. The number of alkyl halides is 3. The summed E-state index contributed by atoms with van der Waals surface area (Å²) in [5.74, 6) is 1.98. The summed E-state index contributed by atoms with van der Waals surface area (Å²) in [7, 11) is 3.62. The van der Waals surface area contributed by atoms with Crippen LogP contribution in [0, 0.1) is 0 Å². The molecule has 4 heterocycles. The lowest BCUT2D eigenvalue weighted by Gasteiger charge is -2.28. The monoisotopic (exact) mass is 512 g/mol. The van der Waals surface area contributed by atoms with Crippen molar-refractivity contribution in [2.75, 3.05) is 43.2 Å². The van der Waals surface area contributed by atoms with Gasteiger partial charge in [0.15, 0.2) is 29.1 Å². The number of morpholine rings is 1. The zero-order valence-electron chi connectivity index (χ0n) is 20.1. The van der Waals surface area contributed by atoms with Gasteiger partial charge in [-0.1, -0.05) is 12.1 Å². The van der Waals surface area contributed by atoms with E-state index in [-0.39, 0.29) is 0 Å². The number of hydrogen-bond donors (Lipinski definition) is 0. The van der Waals surface area contributed by atoms with Gasteiger partial charge in [-0.2, -0.15) is 13.2 Å². The van der Waals surface area contributed by atoms with Gasteiger partial charge in [-0.3, -0.25) is 4.79 Å². The molecule has 1 aromatic carbocycles. The Morgan fingerprint density at radius 3 is 2.35 bits per heavy atom. The second kappa shape index (κ2) is 9.73. The number of aryl methyl sites for hydroxylation is 1. The molecule has 0 saturated carbocycles. The molecule has 192 valence electrons. The first-order valence-electron chi connectivity index (χ1n) is 11.5. The average molecular weight is 512 g/mol. The zero-order valence-corrected chi connectivity index (χ0v) is 20.1. The highest BCUT2D eigenvalue weighted by molar-refractivity contribution is 5.86. The van der Waals surface area contributed by atoms with Gasteiger partial charge in [-0.05, 0) is 12.1 Å². The fourth-order valence-corrected chi connectivity index (χ4v) is 4.04. The molecule has 0 amide bonds. The van der Waals surface area contributed by atoms with Crippen molar-refractivity contribution in [3.63, 3.8) is 0 Å². The fraction of sp³-hybridized carbons (Fsp3) is 0.333. The number of aldehydes is 1. The van der Waals surface area contributed by atoms with Crippen LogP contribution < -0.4 is 9.80 Å². The smallest absolute Gasteiger partial charge is 0.378 e. The van der Waals surface area contributed by atoms with Gasteiger partial charge in [-0.25, -0.2) is 24.9 Å². The minimum atomic E-state index is -4.43. The number of nitrogens with zero attached hydrogens (tertiary/aromatic N) is 8. The molecule has 0 spiro atoms. The van der Waals surface area contributed by atoms with Gasteiger partial charge in [0.05, 0.1) is 30.9 Å². The summed E-state index contributed by atoms with van der Waals surface area (Å²) in [4.78, 5) is 37.4. The number of rotatable bonds is 6. The van der Waals surface area contributed by atoms with E-state index < -0.39 is 11.7 Å². The normalized spacial score (nSPS) is 14.2. The first kappa shape index (κ1) is 24.6. The van der Waals surface area contributed by atoms with Gasteiger partial charge >= 0.3 is 6.18 Å². The molecule has 1 aliphatic heterocycles. The molecule has 0 unspecified atom stereocenters. The van der Waals surface area contributed by atoms with Crippen molar-refractivity contribution in [3.8, 4) is 11.4 Å². The first-order valence-corrected chi connectivity index (χ1v) is 11.5. The third kappa shape index (κ3) is 4.94. The fourth-order valence-electron chi connectivity index (χ4n) is 4.04. The molecule has 0 N–H and O–H groups in total. The summed E-state index contributed by atoms with van der Waals surface area (Å²) in [6, 6.07) is 4.80. The van der Waals surface area contributed by atoms with Gasteiger partial charge in [0, 0.05) is 45.1 Å². The largest absolute Gasteiger partial charge is 0.416 e. The summed E-state index contributed by atoms with van der Waals surface area (Å²) >= 11 is 0. The van der Waals surface area contributed by atoms with Crippen molar-refractivity contribution in [2.45, 2.75) is 12.7 Å². The predicted octanol–water partition coefficient (Wildman–Crippen LogP) is 3.12. The predicted molar refractivity (Wildman–Crippen MR) is 129 cm³/mol. The maximum atomic E-state index is 13.1. The number of aromatic nitrogens is 6. The number of imidazole rings is 1. The van der Waals surface area contributed by atoms with Gasteiger partial charge in [0.25, 0.3) is 0 Å². The lowest BCUT2D eigenvalue weighted by Crippen LogP contribution is -2.37. The number of carbonyl (C=O) groups excluding carboxylic acids is 1. The molecule has 1 fully saturated rings. The number of benzene rings is 1. The van der Waals surface area contributed by atoms with Crippen LogP contribution in [0.3, 0.4) is 0 Å². The van der Waals surface area contributed by atoms with Gasteiger partial charge in [0.1, 0.15) is 5.82 Å². The Morgan fingerprint density at radius 1 is 1.05 bits per heavy atom. The van der Waals surface area contributed by atoms with Crippen molar-refractivity contribution in [1.29, 1.82) is 0 Å². The van der Waals surface area contributed by atoms with Crippen LogP contribution in [0.4, 0.5) is 24.9 Å². The Kier molecular flexibility index (Phi) is 6.46. The lowest BCUT2D eigenvalue weighted by molar-refractivity contribution is -0.137. The minimum absolute atomic E-state index is 0.304. The Balaban J connectivity index is 1.55. The van der Waals surface area contributed by atoms with Crippen molar-refractivity contribution < 1.29 is 22.7 Å². The van der Waals surface area contributed by atoms with Crippen LogP contribution in [0.25, 0.3) is 22.6 Å². The minimum Gasteiger partial charge on any atom is -0.378 e. The highest BCUT2D eigenvalue weighted by Crippen LogP contribution is 2.32. The van der Waals surface area contributed by atoms with Crippen molar-refractivity contribution in [2.24, 2.45) is 7.05 Å². The summed E-state index contributed by atoms with van der Waals surface area (Å²) in [5, 5.41) is 0. The Morgan fingerprint density at radius 2 is 1.73 bits per heavy atom. The Bertz CT molecular complexity index is 1420. The van der Waals surface area contributed by atoms with E-state index in [1.54, 1.807) is 11.9 Å². The number of hydrogen-bond acceptors (Lipinski definition) is 9. The molecule has 0 bridgehead atoms. The maximum absolute atomic E-state index is 13.1. The molecule has 1 aliphatic rings. The summed E-state index contributed by atoms with van der Waals surface area (Å²) in [6.45, 7) is 2.59. The zero-order chi connectivity index (χ0) is 26.2. The summed E-state index contributed by atoms with van der Waals surface area (Å²) < 4.78 is 46.5. The van der Waals surface area contributed by atoms with E-state index in [0.717, 1.165) is 12.1 Å². The van der Waals surface area contributed by atoms with Crippen LogP contribution in [0.5, 0.6) is 0 Å². The molecule has 3 aromatic heterocycles. The van der Waals surface area contributed by atoms with E-state index in [2.05, 4.69) is 15.0 Å². The van der Waals surface area contributed by atoms with Gasteiger partial charge < -0.3 is 19.1 Å². The second-order valence-electron chi connectivity index (χ2n) is 8.59. The van der Waals surface area contributed by atoms with Crippen LogP contribution >= 0.6 is 0 Å². The molecule has 0 aliphatic carbocycles. The van der Waals surface area contributed by atoms with Gasteiger partial charge in [0.2, 0.25) is 5.95 Å². The molecular weight excluding hydrogens is 489 g/mol. The number of halogens is 3.